The summed E-state index contributed by atoms with van der Waals surface area (Å²) in [6, 6.07) is 4.97. The number of pyridine rings is 1. The van der Waals surface area contributed by atoms with Gasteiger partial charge >= 0.3 is 0 Å². The maximum Gasteiger partial charge on any atom is 0.258 e. The Morgan fingerprint density at radius 3 is 2.52 bits per heavy atom. The molecule has 4 rings (SSSR count). The largest absolute Gasteiger partial charge is 0.381 e. The van der Waals surface area contributed by atoms with Crippen molar-refractivity contribution < 1.29 is 18.3 Å². The molecule has 1 saturated heterocycles. The second-order valence-electron chi connectivity index (χ2n) is 6.95. The molecule has 1 aromatic carbocycles. The average molecular weight is 426 g/mol. The van der Waals surface area contributed by atoms with Crippen LogP contribution in [0.15, 0.2) is 49.1 Å². The molecule has 31 heavy (non-hydrogen) atoms. The van der Waals surface area contributed by atoms with Crippen molar-refractivity contribution in [2.24, 2.45) is 0 Å². The van der Waals surface area contributed by atoms with Crippen LogP contribution in [0.25, 0.3) is 0 Å². The van der Waals surface area contributed by atoms with Crippen LogP contribution >= 0.6 is 0 Å². The summed E-state index contributed by atoms with van der Waals surface area (Å²) in [4.78, 5) is 25.0. The van der Waals surface area contributed by atoms with Gasteiger partial charge in [-0.05, 0) is 31.0 Å². The van der Waals surface area contributed by atoms with Crippen molar-refractivity contribution in [3.63, 3.8) is 0 Å². The first-order valence-electron chi connectivity index (χ1n) is 9.72. The van der Waals surface area contributed by atoms with Gasteiger partial charge in [0.15, 0.2) is 0 Å². The van der Waals surface area contributed by atoms with E-state index in [4.69, 9.17) is 4.74 Å². The molecular weight excluding hydrogens is 406 g/mol. The Morgan fingerprint density at radius 2 is 1.77 bits per heavy atom. The first-order valence-corrected chi connectivity index (χ1v) is 9.72. The third-order valence-electron chi connectivity index (χ3n) is 4.74. The molecule has 0 bridgehead atoms. The zero-order valence-corrected chi connectivity index (χ0v) is 16.4. The van der Waals surface area contributed by atoms with Crippen LogP contribution in [0.5, 0.6) is 0 Å². The Kier molecular flexibility index (Phi) is 6.27. The van der Waals surface area contributed by atoms with E-state index in [0.29, 0.717) is 30.5 Å². The van der Waals surface area contributed by atoms with Crippen LogP contribution in [0.3, 0.4) is 0 Å². The van der Waals surface area contributed by atoms with Gasteiger partial charge in [-0.3, -0.25) is 9.78 Å². The zero-order valence-electron chi connectivity index (χ0n) is 16.4. The molecule has 0 atom stereocenters. The number of halogens is 2. The summed E-state index contributed by atoms with van der Waals surface area (Å²) in [5.74, 6) is -1.44. The summed E-state index contributed by atoms with van der Waals surface area (Å²) in [5.41, 5.74) is 1.03. The molecule has 8 nitrogen and oxygen atoms in total. The van der Waals surface area contributed by atoms with Crippen LogP contribution in [-0.2, 0) is 4.74 Å². The first-order chi connectivity index (χ1) is 15.1. The van der Waals surface area contributed by atoms with Crippen LogP contribution in [0.4, 0.5) is 31.8 Å². The minimum atomic E-state index is -0.762. The topological polar surface area (TPSA) is 101 Å². The maximum absolute atomic E-state index is 14.0. The number of carbonyl (C=O) groups is 1. The van der Waals surface area contributed by atoms with Gasteiger partial charge in [0.2, 0.25) is 5.95 Å². The SMILES string of the molecule is O=C(Nc1ccncc1Nc1ccc(F)cc1F)c1cnc(NC2CCOCC2)nc1. The van der Waals surface area contributed by atoms with Gasteiger partial charge < -0.3 is 20.7 Å². The van der Waals surface area contributed by atoms with Crippen molar-refractivity contribution in [1.29, 1.82) is 0 Å². The Labute approximate surface area is 177 Å². The van der Waals surface area contributed by atoms with Gasteiger partial charge in [-0.2, -0.15) is 0 Å². The van der Waals surface area contributed by atoms with Gasteiger partial charge in [0, 0.05) is 43.9 Å². The molecule has 10 heteroatoms. The van der Waals surface area contributed by atoms with Gasteiger partial charge in [0.25, 0.3) is 5.91 Å². The number of hydrogen-bond acceptors (Lipinski definition) is 7. The van der Waals surface area contributed by atoms with Crippen molar-refractivity contribution in [3.8, 4) is 0 Å². The number of ether oxygens (including phenoxy) is 1. The summed E-state index contributed by atoms with van der Waals surface area (Å²) in [7, 11) is 0. The molecule has 0 saturated carbocycles. The number of carbonyl (C=O) groups excluding carboxylic acids is 1. The minimum Gasteiger partial charge on any atom is -0.381 e. The highest BCUT2D eigenvalue weighted by Gasteiger charge is 2.16. The van der Waals surface area contributed by atoms with Gasteiger partial charge in [-0.1, -0.05) is 0 Å². The number of benzene rings is 1. The molecule has 3 heterocycles. The number of nitrogens with one attached hydrogen (secondary N) is 3. The third kappa shape index (κ3) is 5.28. The highest BCUT2D eigenvalue weighted by Crippen LogP contribution is 2.26. The smallest absolute Gasteiger partial charge is 0.258 e. The van der Waals surface area contributed by atoms with Crippen LogP contribution in [0, 0.1) is 11.6 Å². The van der Waals surface area contributed by atoms with E-state index in [1.54, 1.807) is 6.07 Å². The van der Waals surface area contributed by atoms with Crippen molar-refractivity contribution in [2.45, 2.75) is 18.9 Å². The van der Waals surface area contributed by atoms with Crippen LogP contribution < -0.4 is 16.0 Å². The number of nitrogens with zero attached hydrogens (tertiary/aromatic N) is 3. The second kappa shape index (κ2) is 9.43. The Hall–Kier alpha value is -3.66. The molecule has 3 N–H and O–H groups in total. The lowest BCUT2D eigenvalue weighted by molar-refractivity contribution is 0.0903. The molecular formula is C21H20F2N6O2. The van der Waals surface area contributed by atoms with E-state index in [0.717, 1.165) is 25.0 Å². The Bertz CT molecular complexity index is 1060. The van der Waals surface area contributed by atoms with Crippen LogP contribution in [-0.4, -0.2) is 40.1 Å². The lowest BCUT2D eigenvalue weighted by Crippen LogP contribution is -2.28. The maximum atomic E-state index is 14.0. The molecule has 160 valence electrons. The van der Waals surface area contributed by atoms with Gasteiger partial charge in [-0.25, -0.2) is 18.7 Å². The summed E-state index contributed by atoms with van der Waals surface area (Å²) >= 11 is 0. The van der Waals surface area contributed by atoms with E-state index < -0.39 is 17.5 Å². The van der Waals surface area contributed by atoms with Crippen molar-refractivity contribution in [3.05, 3.63) is 66.3 Å². The van der Waals surface area contributed by atoms with E-state index in [-0.39, 0.29) is 17.3 Å². The van der Waals surface area contributed by atoms with E-state index in [9.17, 15) is 13.6 Å². The standard InChI is InChI=1S/C21H20F2N6O2/c22-14-1-2-17(16(23)9-14)28-19-12-24-6-3-18(19)29-20(30)13-10-25-21(26-11-13)27-15-4-7-31-8-5-15/h1-3,6,9-12,15,28H,4-5,7-8H2,(H,24,29,30)(H,25,26,27). The highest BCUT2D eigenvalue weighted by atomic mass is 19.1. The van der Waals surface area contributed by atoms with Crippen molar-refractivity contribution in [1.82, 2.24) is 15.0 Å². The molecule has 1 amide bonds. The number of amides is 1. The van der Waals surface area contributed by atoms with Crippen molar-refractivity contribution >= 4 is 28.9 Å². The predicted molar refractivity (Wildman–Crippen MR) is 111 cm³/mol. The molecule has 0 aliphatic carbocycles. The number of hydrogen-bond donors (Lipinski definition) is 3. The molecule has 0 unspecified atom stereocenters. The molecule has 1 aliphatic rings. The van der Waals surface area contributed by atoms with Gasteiger partial charge in [-0.15, -0.1) is 0 Å². The van der Waals surface area contributed by atoms with E-state index in [2.05, 4.69) is 30.9 Å². The molecule has 3 aromatic rings. The number of aromatic nitrogens is 3. The van der Waals surface area contributed by atoms with Gasteiger partial charge in [0.1, 0.15) is 11.6 Å². The fourth-order valence-electron chi connectivity index (χ4n) is 3.08. The normalized spacial score (nSPS) is 14.1. The predicted octanol–water partition coefficient (Wildman–Crippen LogP) is 3.74. The summed E-state index contributed by atoms with van der Waals surface area (Å²) in [5, 5.41) is 8.76. The molecule has 2 aromatic heterocycles. The van der Waals surface area contributed by atoms with E-state index >= 15 is 0 Å². The zero-order chi connectivity index (χ0) is 21.6. The fraction of sp³-hybridized carbons (Fsp3) is 0.238. The molecule has 0 spiro atoms. The van der Waals surface area contributed by atoms with E-state index in [1.807, 2.05) is 0 Å². The molecule has 1 aliphatic heterocycles. The number of rotatable bonds is 6. The average Bonchev–Trinajstić information content (AvgIpc) is 2.78. The second-order valence-corrected chi connectivity index (χ2v) is 6.95. The van der Waals surface area contributed by atoms with Crippen LogP contribution in [0.1, 0.15) is 23.2 Å². The highest BCUT2D eigenvalue weighted by molar-refractivity contribution is 6.05. The lowest BCUT2D eigenvalue weighted by Gasteiger charge is -2.22. The Balaban J connectivity index is 1.43. The third-order valence-corrected chi connectivity index (χ3v) is 4.74. The van der Waals surface area contributed by atoms with E-state index in [1.165, 1.54) is 30.9 Å². The summed E-state index contributed by atoms with van der Waals surface area (Å²) in [6.07, 6.45) is 7.51. The quantitative estimate of drug-likeness (QED) is 0.552. The van der Waals surface area contributed by atoms with Crippen LogP contribution in [0.2, 0.25) is 0 Å². The lowest BCUT2D eigenvalue weighted by atomic mass is 10.1. The summed E-state index contributed by atoms with van der Waals surface area (Å²) in [6.45, 7) is 1.39. The number of anilines is 4. The van der Waals surface area contributed by atoms with Gasteiger partial charge in [0.05, 0.1) is 28.8 Å². The summed E-state index contributed by atoms with van der Waals surface area (Å²) < 4.78 is 32.4. The fourth-order valence-corrected chi connectivity index (χ4v) is 3.08. The Morgan fingerprint density at radius 1 is 1.00 bits per heavy atom. The molecule has 1 fully saturated rings. The molecule has 0 radical (unpaired) electrons. The first kappa shape index (κ1) is 20.6. The minimum absolute atomic E-state index is 0.0526. The van der Waals surface area contributed by atoms with Crippen molar-refractivity contribution in [2.75, 3.05) is 29.2 Å². The monoisotopic (exact) mass is 426 g/mol.